The second kappa shape index (κ2) is 12.8. The molecule has 40 heavy (non-hydrogen) atoms. The molecule has 0 bridgehead atoms. The second-order valence-corrected chi connectivity index (χ2v) is 15.1. The number of ether oxygens (including phenoxy) is 2. The van der Waals surface area contributed by atoms with Crippen LogP contribution in [-0.2, 0) is 10.8 Å². The molecular formula is C36H48Br2O2. The van der Waals surface area contributed by atoms with Gasteiger partial charge in [-0.3, -0.25) is 0 Å². The van der Waals surface area contributed by atoms with Crippen LogP contribution in [0.2, 0.25) is 0 Å². The van der Waals surface area contributed by atoms with Gasteiger partial charge < -0.3 is 9.47 Å². The van der Waals surface area contributed by atoms with E-state index in [1.807, 2.05) is 0 Å². The van der Waals surface area contributed by atoms with Gasteiger partial charge in [-0.2, -0.15) is 0 Å². The summed E-state index contributed by atoms with van der Waals surface area (Å²) in [6.45, 7) is 19.6. The molecule has 0 heterocycles. The molecule has 0 aliphatic carbocycles. The molecule has 0 spiro atoms. The van der Waals surface area contributed by atoms with Gasteiger partial charge in [-0.25, -0.2) is 0 Å². The van der Waals surface area contributed by atoms with E-state index < -0.39 is 0 Å². The minimum atomic E-state index is -0.00462. The zero-order valence-corrected chi connectivity index (χ0v) is 29.1. The maximum absolute atomic E-state index is 6.79. The summed E-state index contributed by atoms with van der Waals surface area (Å²) in [5.41, 5.74) is 2.59. The molecule has 0 radical (unpaired) electrons. The molecule has 0 aliphatic heterocycles. The summed E-state index contributed by atoms with van der Waals surface area (Å²) in [5.74, 6) is 1.83. The van der Waals surface area contributed by atoms with Crippen molar-refractivity contribution in [3.05, 3.63) is 44.3 Å². The van der Waals surface area contributed by atoms with Crippen LogP contribution >= 0.6 is 31.9 Å². The fourth-order valence-corrected chi connectivity index (χ4v) is 6.62. The van der Waals surface area contributed by atoms with E-state index in [1.54, 1.807) is 0 Å². The maximum atomic E-state index is 6.79. The van der Waals surface area contributed by atoms with Crippen molar-refractivity contribution in [1.29, 1.82) is 0 Å². The first-order valence-electron chi connectivity index (χ1n) is 15.3. The zero-order valence-electron chi connectivity index (χ0n) is 26.0. The van der Waals surface area contributed by atoms with Gasteiger partial charge in [-0.05, 0) is 102 Å². The molecule has 4 rings (SSSR count). The topological polar surface area (TPSA) is 18.5 Å². The highest BCUT2D eigenvalue weighted by molar-refractivity contribution is 9.13. The summed E-state index contributed by atoms with van der Waals surface area (Å²) < 4.78 is 15.8. The van der Waals surface area contributed by atoms with Gasteiger partial charge >= 0.3 is 0 Å². The second-order valence-electron chi connectivity index (χ2n) is 13.5. The Kier molecular flexibility index (Phi) is 10.0. The molecule has 0 unspecified atom stereocenters. The first-order chi connectivity index (χ1) is 18.9. The Balaban J connectivity index is 2.08. The summed E-state index contributed by atoms with van der Waals surface area (Å²) >= 11 is 8.02. The van der Waals surface area contributed by atoms with Crippen molar-refractivity contribution >= 4 is 64.2 Å². The summed E-state index contributed by atoms with van der Waals surface area (Å²) in [6.07, 6.45) is 9.40. The standard InChI is InChI=1S/C36H48Br2O2/c1-9-11-13-15-17-39-33-27-21-23(35(3,4)5)19-25-29(27)30-26(32(38)31(25)37)20-24(36(6,7)8)22-28(30)34(33)40-18-16-14-12-10-2/h19-22H,9-18H2,1-8H3. The minimum Gasteiger partial charge on any atom is -0.489 e. The summed E-state index contributed by atoms with van der Waals surface area (Å²) in [7, 11) is 0. The number of rotatable bonds is 12. The van der Waals surface area contributed by atoms with E-state index in [9.17, 15) is 0 Å². The number of hydrogen-bond acceptors (Lipinski definition) is 2. The van der Waals surface area contributed by atoms with Crippen molar-refractivity contribution in [1.82, 2.24) is 0 Å². The SMILES string of the molecule is CCCCCCOc1c(OCCCCCC)c2cc(C(C)(C)C)cc3c(Br)c(Br)c4cc(C(C)(C)C)cc1c4c32. The molecule has 4 aromatic rings. The van der Waals surface area contributed by atoms with Gasteiger partial charge in [-0.1, -0.05) is 93.9 Å². The van der Waals surface area contributed by atoms with Crippen LogP contribution < -0.4 is 9.47 Å². The number of benzene rings is 4. The van der Waals surface area contributed by atoms with Crippen LogP contribution in [0.4, 0.5) is 0 Å². The lowest BCUT2D eigenvalue weighted by Gasteiger charge is -2.27. The Bertz CT molecular complexity index is 1350. The van der Waals surface area contributed by atoms with Crippen LogP contribution in [0.15, 0.2) is 33.2 Å². The minimum absolute atomic E-state index is 0.00462. The third-order valence-electron chi connectivity index (χ3n) is 8.11. The molecule has 0 aromatic heterocycles. The fourth-order valence-electron chi connectivity index (χ4n) is 5.57. The van der Waals surface area contributed by atoms with Crippen LogP contribution in [0.3, 0.4) is 0 Å². The normalized spacial score (nSPS) is 12.8. The maximum Gasteiger partial charge on any atom is 0.169 e. The van der Waals surface area contributed by atoms with E-state index in [1.165, 1.54) is 71.2 Å². The molecule has 0 saturated carbocycles. The highest BCUT2D eigenvalue weighted by Crippen LogP contribution is 2.53. The average Bonchev–Trinajstić information content (AvgIpc) is 2.89. The van der Waals surface area contributed by atoms with Crippen molar-refractivity contribution in [2.45, 2.75) is 118 Å². The first-order valence-corrected chi connectivity index (χ1v) is 16.9. The quantitative estimate of drug-likeness (QED) is 0.110. The van der Waals surface area contributed by atoms with E-state index in [4.69, 9.17) is 9.47 Å². The molecule has 218 valence electrons. The number of hydrogen-bond donors (Lipinski definition) is 0. The van der Waals surface area contributed by atoms with Crippen LogP contribution in [0.5, 0.6) is 11.5 Å². The summed E-state index contributed by atoms with van der Waals surface area (Å²) in [6, 6.07) is 9.46. The first kappa shape index (κ1) is 31.4. The highest BCUT2D eigenvalue weighted by atomic mass is 79.9. The van der Waals surface area contributed by atoms with Gasteiger partial charge in [0.05, 0.1) is 13.2 Å². The van der Waals surface area contributed by atoms with E-state index >= 15 is 0 Å². The Morgan fingerprint density at radius 2 is 0.875 bits per heavy atom. The molecule has 2 nitrogen and oxygen atoms in total. The van der Waals surface area contributed by atoms with E-state index in [-0.39, 0.29) is 10.8 Å². The number of halogens is 2. The molecule has 4 heteroatoms. The molecule has 0 amide bonds. The van der Waals surface area contributed by atoms with Gasteiger partial charge in [-0.15, -0.1) is 0 Å². The predicted octanol–water partition coefficient (Wildman–Crippen LogP) is 12.6. The van der Waals surface area contributed by atoms with Crippen LogP contribution in [0.1, 0.15) is 118 Å². The fraction of sp³-hybridized carbons (Fsp3) is 0.556. The van der Waals surface area contributed by atoms with Crippen LogP contribution in [-0.4, -0.2) is 13.2 Å². The monoisotopic (exact) mass is 670 g/mol. The molecule has 0 saturated heterocycles. The smallest absolute Gasteiger partial charge is 0.169 e. The van der Waals surface area contributed by atoms with Crippen LogP contribution in [0.25, 0.3) is 32.3 Å². The van der Waals surface area contributed by atoms with Crippen molar-refractivity contribution < 1.29 is 9.47 Å². The lowest BCUT2D eigenvalue weighted by atomic mass is 9.80. The van der Waals surface area contributed by atoms with Crippen molar-refractivity contribution in [3.63, 3.8) is 0 Å². The Hall–Kier alpha value is -1.52. The highest BCUT2D eigenvalue weighted by Gasteiger charge is 2.28. The Morgan fingerprint density at radius 1 is 0.525 bits per heavy atom. The largest absolute Gasteiger partial charge is 0.489 e. The zero-order chi connectivity index (χ0) is 29.2. The predicted molar refractivity (Wildman–Crippen MR) is 182 cm³/mol. The lowest BCUT2D eigenvalue weighted by Crippen LogP contribution is -2.13. The van der Waals surface area contributed by atoms with Crippen molar-refractivity contribution in [2.24, 2.45) is 0 Å². The van der Waals surface area contributed by atoms with Crippen molar-refractivity contribution in [2.75, 3.05) is 13.2 Å². The summed E-state index contributed by atoms with van der Waals surface area (Å²) in [4.78, 5) is 0. The summed E-state index contributed by atoms with van der Waals surface area (Å²) in [5, 5.41) is 7.29. The van der Waals surface area contributed by atoms with Gasteiger partial charge in [0.1, 0.15) is 0 Å². The van der Waals surface area contributed by atoms with E-state index in [0.717, 1.165) is 44.1 Å². The van der Waals surface area contributed by atoms with E-state index in [2.05, 4.69) is 112 Å². The average molecular weight is 673 g/mol. The van der Waals surface area contributed by atoms with E-state index in [0.29, 0.717) is 13.2 Å². The third-order valence-corrected chi connectivity index (χ3v) is 10.3. The Labute approximate surface area is 259 Å². The molecule has 0 atom stereocenters. The lowest BCUT2D eigenvalue weighted by molar-refractivity contribution is 0.264. The van der Waals surface area contributed by atoms with Gasteiger partial charge in [0.15, 0.2) is 11.5 Å². The number of unbranched alkanes of at least 4 members (excludes halogenated alkanes) is 6. The van der Waals surface area contributed by atoms with Gasteiger partial charge in [0, 0.05) is 30.5 Å². The van der Waals surface area contributed by atoms with Crippen LogP contribution in [0, 0.1) is 0 Å². The van der Waals surface area contributed by atoms with Gasteiger partial charge in [0.2, 0.25) is 0 Å². The molecule has 0 aliphatic rings. The molecular weight excluding hydrogens is 624 g/mol. The Morgan fingerprint density at radius 3 is 1.20 bits per heavy atom. The third kappa shape index (κ3) is 6.43. The molecule has 4 aromatic carbocycles. The molecule has 0 N–H and O–H groups in total. The van der Waals surface area contributed by atoms with Crippen molar-refractivity contribution in [3.8, 4) is 11.5 Å². The van der Waals surface area contributed by atoms with Gasteiger partial charge in [0.25, 0.3) is 0 Å². The molecule has 0 fully saturated rings.